The maximum absolute atomic E-state index is 15.4. The Labute approximate surface area is 485 Å². The maximum Gasteiger partial charge on any atom is 0.374 e. The fraction of sp³-hybridized carbons (Fsp3) is 0.536. The van der Waals surface area contributed by atoms with Crippen LogP contribution in [0, 0.1) is 11.8 Å². The van der Waals surface area contributed by atoms with Crippen molar-refractivity contribution in [3.8, 4) is 11.5 Å². The minimum absolute atomic E-state index is 0. The number of benzene rings is 4. The first kappa shape index (κ1) is 65.4. The third-order valence-electron chi connectivity index (χ3n) is 14.0. The second-order valence-corrected chi connectivity index (χ2v) is 23.5. The van der Waals surface area contributed by atoms with Crippen LogP contribution in [-0.2, 0) is 53.8 Å². The zero-order chi connectivity index (χ0) is 56.6. The Kier molecular flexibility index (Phi) is 23.5. The maximum atomic E-state index is 15.4. The molecule has 4 aromatic rings. The number of hydrogen-bond acceptors (Lipinski definition) is 11. The molecule has 2 aliphatic heterocycles. The van der Waals surface area contributed by atoms with Crippen molar-refractivity contribution in [2.45, 2.75) is 126 Å². The van der Waals surface area contributed by atoms with Crippen LogP contribution in [0.15, 0.2) is 72.8 Å². The number of carboxylic acids is 1. The van der Waals surface area contributed by atoms with Crippen molar-refractivity contribution in [3.63, 3.8) is 0 Å². The van der Waals surface area contributed by atoms with Crippen molar-refractivity contribution in [2.75, 3.05) is 52.5 Å². The van der Waals surface area contributed by atoms with Crippen LogP contribution in [0.3, 0.4) is 0 Å². The Morgan fingerprint density at radius 2 is 1.03 bits per heavy atom. The van der Waals surface area contributed by atoms with Gasteiger partial charge in [0.1, 0.15) is 30.8 Å². The topological polar surface area (TPSA) is 198 Å². The first-order valence-electron chi connectivity index (χ1n) is 25.7. The molecule has 429 valence electrons. The normalized spacial score (nSPS) is 19.2. The third-order valence-corrected chi connectivity index (χ3v) is 15.1. The zero-order valence-corrected chi connectivity index (χ0v) is 48.4. The molecule has 2 heterocycles. The van der Waals surface area contributed by atoms with E-state index in [1.54, 1.807) is 94.4 Å². The van der Waals surface area contributed by atoms with E-state index >= 15 is 8.78 Å². The van der Waals surface area contributed by atoms with Crippen LogP contribution in [0.5, 0.6) is 11.5 Å². The number of ether oxygens (including phenoxy) is 2. The number of alkyl halides is 4. The van der Waals surface area contributed by atoms with Crippen molar-refractivity contribution in [1.82, 2.24) is 15.1 Å². The molecule has 1 radical (unpaired) electrons. The summed E-state index contributed by atoms with van der Waals surface area (Å²) in [5.41, 5.74) is 8.15. The van der Waals surface area contributed by atoms with E-state index in [1.165, 1.54) is 18.9 Å². The van der Waals surface area contributed by atoms with Crippen LogP contribution in [0.1, 0.15) is 99.0 Å². The summed E-state index contributed by atoms with van der Waals surface area (Å²) in [6.07, 6.45) is 2.56. The fourth-order valence-electron chi connectivity index (χ4n) is 9.77. The number of aliphatic hydroxyl groups is 4. The summed E-state index contributed by atoms with van der Waals surface area (Å²) in [4.78, 5) is 27.8. The van der Waals surface area contributed by atoms with Crippen molar-refractivity contribution < 1.29 is 80.7 Å². The Morgan fingerprint density at radius 3 is 1.44 bits per heavy atom. The van der Waals surface area contributed by atoms with Crippen LogP contribution < -0.4 is 20.5 Å². The van der Waals surface area contributed by atoms with Crippen molar-refractivity contribution >= 4 is 58.3 Å². The predicted molar refractivity (Wildman–Crippen MR) is 290 cm³/mol. The molecule has 8 N–H and O–H groups in total. The van der Waals surface area contributed by atoms with Crippen molar-refractivity contribution in [2.24, 2.45) is 17.6 Å². The van der Waals surface area contributed by atoms with Crippen molar-refractivity contribution in [3.05, 3.63) is 126 Å². The number of hydrogen-bond donors (Lipinski definition) is 7. The molecule has 4 aromatic carbocycles. The Morgan fingerprint density at radius 1 is 0.628 bits per heavy atom. The number of carboxylic acid groups (broad SMARTS) is 1. The number of nitrogens with one attached hydrogen (secondary N) is 1. The number of halogens is 8. The predicted octanol–water partition coefficient (Wildman–Crippen LogP) is 9.53. The molecular weight excluding hydrogens is 1140 g/mol. The molecule has 1 amide bonds. The largest absolute Gasteiger partial charge is 0.489 e. The van der Waals surface area contributed by atoms with E-state index in [4.69, 9.17) is 66.7 Å². The Balaban J connectivity index is 0.000000237. The van der Waals surface area contributed by atoms with E-state index in [2.05, 4.69) is 10.2 Å². The van der Waals surface area contributed by atoms with Gasteiger partial charge in [-0.1, -0.05) is 70.7 Å². The number of fused-ring (bicyclic) bond motifs is 2. The number of aliphatic hydroxyl groups excluding tert-OH is 2. The summed E-state index contributed by atoms with van der Waals surface area (Å²) in [5.74, 6) is -12.3. The average Bonchev–Trinajstić information content (AvgIpc) is 4.21. The number of carbonyl (C=O) groups excluding carboxylic acids is 1. The second-order valence-electron chi connectivity index (χ2n) is 21.8. The summed E-state index contributed by atoms with van der Waals surface area (Å²) >= 11 is 24.3. The molecule has 2 saturated heterocycles. The summed E-state index contributed by atoms with van der Waals surface area (Å²) in [6, 6.07) is 18.4. The summed E-state index contributed by atoms with van der Waals surface area (Å²) in [7, 11) is 0. The fourth-order valence-corrected chi connectivity index (χ4v) is 10.6. The van der Waals surface area contributed by atoms with Crippen LogP contribution in [-0.4, -0.2) is 135 Å². The quantitative estimate of drug-likeness (QED) is 0.0440. The second kappa shape index (κ2) is 28.1. The van der Waals surface area contributed by atoms with Gasteiger partial charge in [-0.25, -0.2) is 4.79 Å². The number of rotatable bonds is 19. The van der Waals surface area contributed by atoms with Gasteiger partial charge < -0.3 is 55.9 Å². The Hall–Kier alpha value is -3.40. The molecule has 0 saturated carbocycles. The van der Waals surface area contributed by atoms with E-state index in [0.717, 1.165) is 61.3 Å². The van der Waals surface area contributed by atoms with Crippen molar-refractivity contribution in [1.29, 1.82) is 0 Å². The number of amides is 1. The van der Waals surface area contributed by atoms with Gasteiger partial charge in [0.2, 0.25) is 0 Å². The SMILES string of the molecule is CC(C)(O)COc1ccc(C(O)[C@H](N)CN2CCCC2)cc1Cl.CC(C)(O)COc1ccc([C@@H](O)[C@@H](CN2CCCC2)NC(=O)C(F)(F)C2Cc3ccc(Cl)cc3C2)cc1Cl.O=C(O)C(F)(F)C1Cc2ccc(Cl)cc2C1.[V]. The molecule has 2 aliphatic carbocycles. The summed E-state index contributed by atoms with van der Waals surface area (Å²) in [5, 5.41) is 53.7. The molecule has 0 aromatic heterocycles. The van der Waals surface area contributed by atoms with Gasteiger partial charge in [-0.2, -0.15) is 17.6 Å². The molecular formula is C56H70Cl4F4N4O9V. The standard InChI is InChI=1S/C28H34Cl2F2N2O4.C17H27ClN2O3.C11H9ClF2O2.V/c1-27(2,37)16-38-24-8-6-18(14-22(24)30)25(35)23(15-34-9-3-4-10-34)33-26(36)28(31,32)20-11-17-5-7-21(29)13-19(17)12-20;1-17(2,22)11-23-15-6-5-12(9-13(15)18)16(21)14(19)10-20-7-3-4-8-20;12-9-2-1-6-3-8(4-7(6)5-9)11(13,14)10(15)16;/h5-8,13-14,20,23,25,35,37H,3-4,9-12,15-16H2,1-2H3,(H,33,36);5-6,9,14,16,21-22H,3-4,7-8,10-11,19H2,1-2H3;1-2,5,8H,3-4H2,(H,15,16);/t20?,23-,25-;14-,16?;;/m11../s1. The number of nitrogens with two attached hydrogens (primary N) is 1. The van der Waals surface area contributed by atoms with Crippen LogP contribution in [0.4, 0.5) is 17.6 Å². The van der Waals surface area contributed by atoms with Gasteiger partial charge in [0, 0.05) is 59.6 Å². The molecule has 2 fully saturated rings. The van der Waals surface area contributed by atoms with E-state index < -0.39 is 65.0 Å². The minimum Gasteiger partial charge on any atom is -0.489 e. The number of likely N-dealkylation sites (tertiary alicyclic amines) is 2. The van der Waals surface area contributed by atoms with Gasteiger partial charge in [-0.05, 0) is 187 Å². The van der Waals surface area contributed by atoms with Gasteiger partial charge in [0.15, 0.2) is 0 Å². The third kappa shape index (κ3) is 18.3. The Bertz CT molecular complexity index is 2660. The van der Waals surface area contributed by atoms with Gasteiger partial charge >= 0.3 is 17.8 Å². The number of carbonyl (C=O) groups is 2. The van der Waals surface area contributed by atoms with Crippen LogP contribution in [0.2, 0.25) is 20.1 Å². The molecule has 6 atom stereocenters. The smallest absolute Gasteiger partial charge is 0.374 e. The molecule has 78 heavy (non-hydrogen) atoms. The van der Waals surface area contributed by atoms with Gasteiger partial charge in [0.25, 0.3) is 5.91 Å². The van der Waals surface area contributed by atoms with Gasteiger partial charge in [0.05, 0.1) is 33.4 Å². The molecule has 4 aliphatic rings. The van der Waals surface area contributed by atoms with Gasteiger partial charge in [-0.15, -0.1) is 0 Å². The first-order chi connectivity index (χ1) is 36.0. The molecule has 8 rings (SSSR count). The number of nitrogens with zero attached hydrogens (tertiary/aromatic N) is 2. The molecule has 22 heteroatoms. The summed E-state index contributed by atoms with van der Waals surface area (Å²) in [6.45, 7) is 11.2. The average molecular weight is 1210 g/mol. The van der Waals surface area contributed by atoms with Crippen LogP contribution in [0.25, 0.3) is 0 Å². The molecule has 13 nitrogen and oxygen atoms in total. The zero-order valence-electron chi connectivity index (χ0n) is 44.0. The summed E-state index contributed by atoms with van der Waals surface area (Å²) < 4.78 is 68.5. The van der Waals surface area contributed by atoms with E-state index in [9.17, 15) is 38.8 Å². The van der Waals surface area contributed by atoms with E-state index in [-0.39, 0.29) is 75.1 Å². The van der Waals surface area contributed by atoms with E-state index in [1.807, 2.05) is 4.90 Å². The van der Waals surface area contributed by atoms with Gasteiger partial charge in [-0.3, -0.25) is 4.79 Å². The monoisotopic (exact) mass is 1210 g/mol. The van der Waals surface area contributed by atoms with E-state index in [0.29, 0.717) is 44.2 Å². The molecule has 0 bridgehead atoms. The molecule has 0 spiro atoms. The molecule has 3 unspecified atom stereocenters. The number of aliphatic carboxylic acids is 1. The minimum atomic E-state index is -3.68. The van der Waals surface area contributed by atoms with Crippen LogP contribution >= 0.6 is 46.4 Å². The first-order valence-corrected chi connectivity index (χ1v) is 27.2.